The Balaban J connectivity index is 0.000000174. The van der Waals surface area contributed by atoms with Crippen LogP contribution in [-0.4, -0.2) is 0 Å². The average Bonchev–Trinajstić information content (AvgIpc) is 2.55. The molecule has 0 bridgehead atoms. The molecule has 118 valence electrons. The van der Waals surface area contributed by atoms with Crippen molar-refractivity contribution in [3.63, 3.8) is 0 Å². The topological polar surface area (TPSA) is 0 Å². The van der Waals surface area contributed by atoms with Crippen LogP contribution in [0.5, 0.6) is 0 Å². The van der Waals surface area contributed by atoms with Gasteiger partial charge in [-0.05, 0) is 47.8 Å². The van der Waals surface area contributed by atoms with Gasteiger partial charge in [-0.3, -0.25) is 0 Å². The number of hydrogen-bond acceptors (Lipinski definition) is 0. The molecule has 23 heavy (non-hydrogen) atoms. The molecule has 0 spiro atoms. The van der Waals surface area contributed by atoms with Gasteiger partial charge in [0.15, 0.2) is 0 Å². The van der Waals surface area contributed by atoms with E-state index in [0.717, 1.165) is 8.58 Å². The summed E-state index contributed by atoms with van der Waals surface area (Å²) in [5.41, 5.74) is 4.08. The molecular formula is C21H24P2. The van der Waals surface area contributed by atoms with Crippen LogP contribution in [0.2, 0.25) is 0 Å². The van der Waals surface area contributed by atoms with E-state index in [0.29, 0.717) is 0 Å². The van der Waals surface area contributed by atoms with Crippen LogP contribution in [0.1, 0.15) is 16.7 Å². The summed E-state index contributed by atoms with van der Waals surface area (Å²) >= 11 is 0. The molecule has 1 atom stereocenters. The first-order valence-electron chi connectivity index (χ1n) is 7.76. The van der Waals surface area contributed by atoms with Gasteiger partial charge in [-0.15, -0.1) is 9.24 Å². The molecule has 0 nitrogen and oxygen atoms in total. The Kier molecular flexibility index (Phi) is 6.97. The maximum Gasteiger partial charge on any atom is -0.0226 e. The van der Waals surface area contributed by atoms with Crippen molar-refractivity contribution in [2.45, 2.75) is 20.8 Å². The fraction of sp³-hybridized carbons (Fsp3) is 0.143. The van der Waals surface area contributed by atoms with Gasteiger partial charge in [-0.25, -0.2) is 0 Å². The normalized spacial score (nSPS) is 9.91. The predicted octanol–water partition coefficient (Wildman–Crippen LogP) is 4.43. The van der Waals surface area contributed by atoms with Crippen LogP contribution < -0.4 is 15.9 Å². The van der Waals surface area contributed by atoms with E-state index in [1.165, 1.54) is 32.6 Å². The first-order chi connectivity index (χ1) is 11.1. The van der Waals surface area contributed by atoms with Crippen molar-refractivity contribution < 1.29 is 0 Å². The van der Waals surface area contributed by atoms with Crippen LogP contribution in [0, 0.1) is 20.8 Å². The maximum absolute atomic E-state index is 2.77. The van der Waals surface area contributed by atoms with E-state index in [-0.39, 0.29) is 0 Å². The van der Waals surface area contributed by atoms with E-state index in [9.17, 15) is 0 Å². The molecule has 1 unspecified atom stereocenters. The van der Waals surface area contributed by atoms with Crippen molar-refractivity contribution in [2.75, 3.05) is 0 Å². The lowest BCUT2D eigenvalue weighted by Gasteiger charge is -2.04. The molecule has 0 heterocycles. The van der Waals surface area contributed by atoms with Gasteiger partial charge in [0.25, 0.3) is 0 Å². The highest BCUT2D eigenvalue weighted by Crippen LogP contribution is 2.09. The van der Waals surface area contributed by atoms with Crippen molar-refractivity contribution in [3.05, 3.63) is 89.5 Å². The van der Waals surface area contributed by atoms with Crippen molar-refractivity contribution in [1.82, 2.24) is 0 Å². The van der Waals surface area contributed by atoms with Crippen LogP contribution in [0.15, 0.2) is 72.8 Å². The minimum Gasteiger partial charge on any atom is -0.105 e. The van der Waals surface area contributed by atoms with Gasteiger partial charge < -0.3 is 0 Å². The van der Waals surface area contributed by atoms with Crippen LogP contribution in [-0.2, 0) is 0 Å². The van der Waals surface area contributed by atoms with E-state index in [1.54, 1.807) is 0 Å². The SMILES string of the molecule is Cc1cc(C)c(P)c(C)c1.c1ccc(Pc2ccccc2)cc1. The Morgan fingerprint density at radius 2 is 1.04 bits per heavy atom. The smallest absolute Gasteiger partial charge is 0.0226 e. The molecule has 3 rings (SSSR count). The third kappa shape index (κ3) is 5.91. The lowest BCUT2D eigenvalue weighted by molar-refractivity contribution is 1.36. The Bertz CT molecular complexity index is 674. The number of hydrogen-bond donors (Lipinski definition) is 0. The molecule has 0 aliphatic rings. The maximum atomic E-state index is 2.77. The molecule has 0 N–H and O–H groups in total. The highest BCUT2D eigenvalue weighted by Gasteiger charge is 1.96. The zero-order valence-corrected chi connectivity index (χ0v) is 16.2. The second kappa shape index (κ2) is 8.97. The summed E-state index contributed by atoms with van der Waals surface area (Å²) in [7, 11) is 3.54. The molecule has 0 aliphatic heterocycles. The molecule has 0 fully saturated rings. The van der Waals surface area contributed by atoms with Gasteiger partial charge in [-0.2, -0.15) is 0 Å². The zero-order valence-electron chi connectivity index (χ0n) is 14.0. The Morgan fingerprint density at radius 3 is 1.43 bits per heavy atom. The average molecular weight is 338 g/mol. The molecule has 0 saturated carbocycles. The monoisotopic (exact) mass is 338 g/mol. The summed E-state index contributed by atoms with van der Waals surface area (Å²) < 4.78 is 0. The standard InChI is InChI=1S/C12H11P.C9H13P/c1-3-7-11(8-4-1)13-12-9-5-2-6-10-12;1-6-4-7(2)9(10)8(3)5-6/h1-10,13H;4-5H,10H2,1-3H3. The second-order valence-corrected chi connectivity index (χ2v) is 7.65. The van der Waals surface area contributed by atoms with Gasteiger partial charge >= 0.3 is 0 Å². The van der Waals surface area contributed by atoms with Gasteiger partial charge in [0.1, 0.15) is 0 Å². The van der Waals surface area contributed by atoms with E-state index < -0.39 is 0 Å². The summed E-state index contributed by atoms with van der Waals surface area (Å²) in [6, 6.07) is 25.6. The molecular weight excluding hydrogens is 314 g/mol. The van der Waals surface area contributed by atoms with Crippen LogP contribution in [0.4, 0.5) is 0 Å². The fourth-order valence-electron chi connectivity index (χ4n) is 2.40. The van der Waals surface area contributed by atoms with Gasteiger partial charge in [-0.1, -0.05) is 86.9 Å². The first-order valence-corrected chi connectivity index (χ1v) is 9.34. The van der Waals surface area contributed by atoms with E-state index >= 15 is 0 Å². The van der Waals surface area contributed by atoms with Crippen LogP contribution >= 0.6 is 17.8 Å². The summed E-state index contributed by atoms with van der Waals surface area (Å²) in [5, 5.41) is 4.13. The molecule has 0 amide bonds. The Hall–Kier alpha value is -1.48. The van der Waals surface area contributed by atoms with Gasteiger partial charge in [0.05, 0.1) is 0 Å². The summed E-state index contributed by atoms with van der Waals surface area (Å²) in [6.07, 6.45) is 0. The molecule has 2 heteroatoms. The van der Waals surface area contributed by atoms with Crippen molar-refractivity contribution in [2.24, 2.45) is 0 Å². The highest BCUT2D eigenvalue weighted by molar-refractivity contribution is 7.55. The third-order valence-electron chi connectivity index (χ3n) is 3.57. The minimum absolute atomic E-state index is 0.777. The summed E-state index contributed by atoms with van der Waals surface area (Å²) in [5.74, 6) is 0. The Morgan fingerprint density at radius 1 is 0.652 bits per heavy atom. The van der Waals surface area contributed by atoms with E-state index in [4.69, 9.17) is 0 Å². The Labute approximate surface area is 144 Å². The third-order valence-corrected chi connectivity index (χ3v) is 5.73. The molecule has 0 aliphatic carbocycles. The lowest BCUT2D eigenvalue weighted by Crippen LogP contribution is -2.01. The number of benzene rings is 3. The largest absolute Gasteiger partial charge is 0.105 e. The molecule has 0 aromatic heterocycles. The van der Waals surface area contributed by atoms with E-state index in [2.05, 4.69) is 103 Å². The predicted molar refractivity (Wildman–Crippen MR) is 110 cm³/mol. The molecule has 3 aromatic rings. The lowest BCUT2D eigenvalue weighted by atomic mass is 10.1. The van der Waals surface area contributed by atoms with Gasteiger partial charge in [0, 0.05) is 0 Å². The van der Waals surface area contributed by atoms with Crippen molar-refractivity contribution in [1.29, 1.82) is 0 Å². The number of aryl methyl sites for hydroxylation is 3. The fourth-order valence-corrected chi connectivity index (χ4v) is 3.62. The van der Waals surface area contributed by atoms with Crippen LogP contribution in [0.25, 0.3) is 0 Å². The van der Waals surface area contributed by atoms with Crippen molar-refractivity contribution in [3.8, 4) is 0 Å². The first kappa shape index (κ1) is 17.9. The van der Waals surface area contributed by atoms with Crippen LogP contribution in [0.3, 0.4) is 0 Å². The zero-order chi connectivity index (χ0) is 16.7. The summed E-state index contributed by atoms with van der Waals surface area (Å²) in [4.78, 5) is 0. The number of rotatable bonds is 2. The quantitative estimate of drug-likeness (QED) is 0.607. The van der Waals surface area contributed by atoms with Gasteiger partial charge in [0.2, 0.25) is 0 Å². The molecule has 0 saturated heterocycles. The second-order valence-electron chi connectivity index (χ2n) is 5.67. The van der Waals surface area contributed by atoms with E-state index in [1.807, 2.05) is 0 Å². The highest BCUT2D eigenvalue weighted by atomic mass is 31.1. The summed E-state index contributed by atoms with van der Waals surface area (Å²) in [6.45, 7) is 6.41. The minimum atomic E-state index is 0.777. The molecule has 0 radical (unpaired) electrons. The van der Waals surface area contributed by atoms with Crippen molar-refractivity contribution >= 4 is 33.7 Å². The molecule has 3 aromatic carbocycles.